The quantitative estimate of drug-likeness (QED) is 0.516. The minimum absolute atomic E-state index is 0.0137. The number of nitrogens with zero attached hydrogens (tertiary/aromatic N) is 2. The fraction of sp³-hybridized carbons (Fsp3) is 0.462. The van der Waals surface area contributed by atoms with Crippen LogP contribution in [0.5, 0.6) is 0 Å². The first kappa shape index (κ1) is 16.0. The van der Waals surface area contributed by atoms with Crippen LogP contribution in [0.2, 0.25) is 0 Å². The maximum absolute atomic E-state index is 14.2. The van der Waals surface area contributed by atoms with Crippen molar-refractivity contribution >= 4 is 22.6 Å². The van der Waals surface area contributed by atoms with E-state index in [1.807, 2.05) is 0 Å². The van der Waals surface area contributed by atoms with E-state index in [4.69, 9.17) is 5.73 Å². The summed E-state index contributed by atoms with van der Waals surface area (Å²) in [5.41, 5.74) is 2.92. The Bertz CT molecular complexity index is 744. The number of fused-ring (bicyclic) bond motifs is 1. The molecule has 0 radical (unpaired) electrons. The molecule has 0 unspecified atom stereocenters. The number of nitro groups is 1. The minimum atomic E-state index is -2.72. The summed E-state index contributed by atoms with van der Waals surface area (Å²) >= 11 is 0.716. The van der Waals surface area contributed by atoms with E-state index >= 15 is 0 Å². The van der Waals surface area contributed by atoms with Crippen LogP contribution in [0.4, 0.5) is 23.2 Å². The number of halogens is 4. The van der Waals surface area contributed by atoms with Gasteiger partial charge < -0.3 is 5.73 Å². The van der Waals surface area contributed by atoms with Gasteiger partial charge in [0.15, 0.2) is 16.8 Å². The highest BCUT2D eigenvalue weighted by Crippen LogP contribution is 2.68. The summed E-state index contributed by atoms with van der Waals surface area (Å²) in [5.74, 6) is -3.55. The first-order valence-electron chi connectivity index (χ1n) is 6.58. The number of alkyl halides is 2. The SMILES string of the molecule is C[C@]1(c2cc([N+](=O)[O-])cc(F)c2F)N=C(N)S[C@@]2(C(F)F)C[C@@H]12. The monoisotopic (exact) mass is 349 g/mol. The Morgan fingerprint density at radius 1 is 1.48 bits per heavy atom. The molecule has 3 atom stereocenters. The van der Waals surface area contributed by atoms with Gasteiger partial charge in [-0.1, -0.05) is 11.8 Å². The molecule has 1 aromatic carbocycles. The molecule has 3 rings (SSSR count). The molecule has 2 N–H and O–H groups in total. The lowest BCUT2D eigenvalue weighted by Crippen LogP contribution is -2.39. The van der Waals surface area contributed by atoms with Gasteiger partial charge in [-0.15, -0.1) is 0 Å². The zero-order chi connectivity index (χ0) is 17.2. The van der Waals surface area contributed by atoms with Crippen molar-refractivity contribution in [3.63, 3.8) is 0 Å². The lowest BCUT2D eigenvalue weighted by atomic mass is 9.85. The Labute approximate surface area is 132 Å². The molecule has 1 heterocycles. The maximum atomic E-state index is 14.2. The maximum Gasteiger partial charge on any atom is 0.272 e. The lowest BCUT2D eigenvalue weighted by Gasteiger charge is -2.33. The fourth-order valence-electron chi connectivity index (χ4n) is 3.15. The van der Waals surface area contributed by atoms with Gasteiger partial charge >= 0.3 is 0 Å². The number of benzene rings is 1. The van der Waals surface area contributed by atoms with E-state index in [1.165, 1.54) is 6.92 Å². The molecule has 2 aliphatic rings. The molecule has 1 aromatic rings. The molecular formula is C13H11F4N3O2S. The number of non-ortho nitro benzene ring substituents is 1. The topological polar surface area (TPSA) is 81.5 Å². The second-order valence-electron chi connectivity index (χ2n) is 5.76. The normalized spacial score (nSPS) is 32.4. The molecule has 0 saturated heterocycles. The summed E-state index contributed by atoms with van der Waals surface area (Å²) in [6.07, 6.45) is -2.71. The molecule has 23 heavy (non-hydrogen) atoms. The Morgan fingerprint density at radius 2 is 2.13 bits per heavy atom. The number of hydrogen-bond acceptors (Lipinski definition) is 5. The van der Waals surface area contributed by atoms with Crippen LogP contribution in [-0.4, -0.2) is 21.3 Å². The molecule has 1 aliphatic carbocycles. The number of nitro benzene ring substituents is 1. The highest BCUT2D eigenvalue weighted by Gasteiger charge is 2.71. The van der Waals surface area contributed by atoms with Crippen molar-refractivity contribution in [3.05, 3.63) is 39.4 Å². The van der Waals surface area contributed by atoms with Gasteiger partial charge in [0.2, 0.25) is 0 Å². The van der Waals surface area contributed by atoms with Crippen LogP contribution in [0.25, 0.3) is 0 Å². The third kappa shape index (κ3) is 2.19. The van der Waals surface area contributed by atoms with Crippen LogP contribution in [0.1, 0.15) is 18.9 Å². The van der Waals surface area contributed by atoms with E-state index < -0.39 is 50.4 Å². The highest BCUT2D eigenvalue weighted by atomic mass is 32.2. The van der Waals surface area contributed by atoms with Crippen molar-refractivity contribution in [2.24, 2.45) is 16.6 Å². The number of aliphatic imine (C=N–C) groups is 1. The Kier molecular flexibility index (Phi) is 3.36. The van der Waals surface area contributed by atoms with Crippen LogP contribution >= 0.6 is 11.8 Å². The Hall–Kier alpha value is -1.84. The van der Waals surface area contributed by atoms with Gasteiger partial charge in [0.1, 0.15) is 0 Å². The molecule has 0 bridgehead atoms. The molecule has 124 valence electrons. The predicted molar refractivity (Wildman–Crippen MR) is 76.4 cm³/mol. The summed E-state index contributed by atoms with van der Waals surface area (Å²) < 4.78 is 53.1. The van der Waals surface area contributed by atoms with Crippen molar-refractivity contribution in [1.29, 1.82) is 0 Å². The van der Waals surface area contributed by atoms with Crippen molar-refractivity contribution in [2.45, 2.75) is 30.1 Å². The molecule has 10 heteroatoms. The number of amidine groups is 1. The van der Waals surface area contributed by atoms with Gasteiger partial charge in [0.05, 0.1) is 21.3 Å². The van der Waals surface area contributed by atoms with Gasteiger partial charge in [0.25, 0.3) is 12.1 Å². The van der Waals surface area contributed by atoms with Crippen molar-refractivity contribution in [1.82, 2.24) is 0 Å². The zero-order valence-electron chi connectivity index (χ0n) is 11.7. The van der Waals surface area contributed by atoms with E-state index in [9.17, 15) is 27.7 Å². The zero-order valence-corrected chi connectivity index (χ0v) is 12.5. The predicted octanol–water partition coefficient (Wildman–Crippen LogP) is 3.17. The summed E-state index contributed by atoms with van der Waals surface area (Å²) in [5, 5.41) is 10.7. The molecule has 0 spiro atoms. The second kappa shape index (κ2) is 4.83. The molecule has 0 aromatic heterocycles. The van der Waals surface area contributed by atoms with Crippen LogP contribution in [-0.2, 0) is 5.54 Å². The third-order valence-corrected chi connectivity index (χ3v) is 5.72. The largest absolute Gasteiger partial charge is 0.378 e. The van der Waals surface area contributed by atoms with E-state index in [2.05, 4.69) is 4.99 Å². The van der Waals surface area contributed by atoms with Crippen LogP contribution < -0.4 is 5.73 Å². The fourth-order valence-corrected chi connectivity index (χ4v) is 4.49. The summed E-state index contributed by atoms with van der Waals surface area (Å²) in [6, 6.07) is 1.28. The third-order valence-electron chi connectivity index (χ3n) is 4.41. The number of hydrogen-bond donors (Lipinski definition) is 1. The van der Waals surface area contributed by atoms with Gasteiger partial charge in [-0.3, -0.25) is 15.1 Å². The molecule has 5 nitrogen and oxygen atoms in total. The molecule has 1 fully saturated rings. The molecule has 1 aliphatic heterocycles. The van der Waals surface area contributed by atoms with Crippen LogP contribution in [0.15, 0.2) is 17.1 Å². The number of thioether (sulfide) groups is 1. The van der Waals surface area contributed by atoms with Gasteiger partial charge in [0, 0.05) is 17.5 Å². The van der Waals surface area contributed by atoms with E-state index in [-0.39, 0.29) is 11.6 Å². The van der Waals surface area contributed by atoms with Crippen LogP contribution in [0, 0.1) is 27.7 Å². The minimum Gasteiger partial charge on any atom is -0.378 e. The van der Waals surface area contributed by atoms with Gasteiger partial charge in [-0.25, -0.2) is 17.6 Å². The summed E-state index contributed by atoms with van der Waals surface area (Å²) in [6.45, 7) is 1.34. The Balaban J connectivity index is 2.18. The van der Waals surface area contributed by atoms with Crippen LogP contribution in [0.3, 0.4) is 0 Å². The Morgan fingerprint density at radius 3 is 2.70 bits per heavy atom. The van der Waals surface area contributed by atoms with E-state index in [1.54, 1.807) is 0 Å². The van der Waals surface area contributed by atoms with Crippen molar-refractivity contribution < 1.29 is 22.5 Å². The highest BCUT2D eigenvalue weighted by molar-refractivity contribution is 8.15. The van der Waals surface area contributed by atoms with Gasteiger partial charge in [-0.05, 0) is 13.3 Å². The standard InChI is InChI=1S/C13H11F4N3O2S/c1-12(6-2-5(20(21)22)3-7(14)9(6)15)8-4-13(8,10(16)17)23-11(18)19-12/h2-3,8,10H,4H2,1H3,(H2,18,19)/t8-,12+,13-/m0/s1. The smallest absolute Gasteiger partial charge is 0.272 e. The lowest BCUT2D eigenvalue weighted by molar-refractivity contribution is -0.385. The molecule has 0 amide bonds. The number of nitrogens with two attached hydrogens (primary N) is 1. The number of rotatable bonds is 3. The summed E-state index contributed by atoms with van der Waals surface area (Å²) in [4.78, 5) is 14.0. The average Bonchev–Trinajstić information content (AvgIpc) is 3.18. The average molecular weight is 349 g/mol. The van der Waals surface area contributed by atoms with Crippen molar-refractivity contribution in [3.8, 4) is 0 Å². The van der Waals surface area contributed by atoms with Gasteiger partial charge in [-0.2, -0.15) is 0 Å². The molecule has 1 saturated carbocycles. The van der Waals surface area contributed by atoms with E-state index in [0.29, 0.717) is 17.8 Å². The second-order valence-corrected chi connectivity index (χ2v) is 7.14. The van der Waals surface area contributed by atoms with Crippen molar-refractivity contribution in [2.75, 3.05) is 0 Å². The summed E-state index contributed by atoms with van der Waals surface area (Å²) in [7, 11) is 0. The first-order valence-corrected chi connectivity index (χ1v) is 7.40. The first-order chi connectivity index (χ1) is 10.6. The van der Waals surface area contributed by atoms with E-state index in [0.717, 1.165) is 6.07 Å². The molecular weight excluding hydrogens is 338 g/mol.